The number of aryl methyl sites for hydroxylation is 1. The first-order valence-corrected chi connectivity index (χ1v) is 9.05. The number of urea groups is 1. The molecule has 1 unspecified atom stereocenters. The number of benzene rings is 2. The Hall–Kier alpha value is -3.15. The predicted octanol–water partition coefficient (Wildman–Crippen LogP) is 4.45. The van der Waals surface area contributed by atoms with Gasteiger partial charge in [-0.25, -0.2) is 4.79 Å². The third-order valence-electron chi connectivity index (χ3n) is 4.67. The molecule has 140 valence electrons. The van der Waals surface area contributed by atoms with Crippen molar-refractivity contribution in [3.05, 3.63) is 53.6 Å². The summed E-state index contributed by atoms with van der Waals surface area (Å²) >= 11 is 0. The second kappa shape index (κ2) is 8.03. The van der Waals surface area contributed by atoms with Gasteiger partial charge >= 0.3 is 6.03 Å². The highest BCUT2D eigenvalue weighted by molar-refractivity contribution is 6.03. The number of nitrogens with one attached hydrogen (secondary N) is 3. The monoisotopic (exact) mass is 364 g/mol. The van der Waals surface area contributed by atoms with Gasteiger partial charge in [0.25, 0.3) is 0 Å². The molecule has 0 aliphatic carbocycles. The van der Waals surface area contributed by atoms with Crippen molar-refractivity contribution in [3.63, 3.8) is 0 Å². The number of nitrogens with zero attached hydrogens (tertiary/aromatic N) is 1. The van der Waals surface area contributed by atoms with Crippen molar-refractivity contribution in [1.29, 1.82) is 10.8 Å². The molecule has 0 spiro atoms. The Labute approximate surface area is 159 Å². The van der Waals surface area contributed by atoms with Crippen LogP contribution in [0.4, 0.5) is 16.2 Å². The van der Waals surface area contributed by atoms with Gasteiger partial charge in [-0.15, -0.1) is 0 Å². The lowest BCUT2D eigenvalue weighted by Gasteiger charge is -2.34. The zero-order chi connectivity index (χ0) is 19.4. The van der Waals surface area contributed by atoms with E-state index in [0.717, 1.165) is 23.2 Å². The van der Waals surface area contributed by atoms with E-state index in [0.29, 0.717) is 18.0 Å². The van der Waals surface area contributed by atoms with Crippen LogP contribution in [0.2, 0.25) is 0 Å². The summed E-state index contributed by atoms with van der Waals surface area (Å²) in [7, 11) is 0. The minimum Gasteiger partial charge on any atom is -0.487 e. The van der Waals surface area contributed by atoms with Crippen molar-refractivity contribution in [2.45, 2.75) is 32.3 Å². The average molecular weight is 364 g/mol. The van der Waals surface area contributed by atoms with Gasteiger partial charge in [-0.05, 0) is 42.7 Å². The number of para-hydroxylation sites is 1. The highest BCUT2D eigenvalue weighted by Gasteiger charge is 2.28. The Morgan fingerprint density at radius 3 is 2.74 bits per heavy atom. The first kappa shape index (κ1) is 18.6. The summed E-state index contributed by atoms with van der Waals surface area (Å²) in [6.45, 7) is 4.42. The first-order valence-electron chi connectivity index (χ1n) is 9.05. The standard InChI is InChI=1S/C21H24N4O2/c1-3-15-6-4-5-7-18(15)24-21(26)25-13-14(2)27-20-10-16(8-9-19(20)25)17(11-22)12-23/h4-12,14,17,22-23H,3,13H2,1-2H3,(H,24,26). The second-order valence-electron chi connectivity index (χ2n) is 6.57. The third-order valence-corrected chi connectivity index (χ3v) is 4.67. The molecular weight excluding hydrogens is 340 g/mol. The molecule has 2 amide bonds. The predicted molar refractivity (Wildman–Crippen MR) is 109 cm³/mol. The lowest BCUT2D eigenvalue weighted by Crippen LogP contribution is -2.44. The van der Waals surface area contributed by atoms with Crippen LogP contribution in [0.1, 0.15) is 30.9 Å². The molecule has 2 aromatic rings. The van der Waals surface area contributed by atoms with Crippen molar-refractivity contribution in [1.82, 2.24) is 0 Å². The van der Waals surface area contributed by atoms with E-state index >= 15 is 0 Å². The molecule has 1 heterocycles. The third kappa shape index (κ3) is 3.84. The minimum atomic E-state index is -0.394. The van der Waals surface area contributed by atoms with E-state index in [1.165, 1.54) is 12.4 Å². The van der Waals surface area contributed by atoms with Crippen molar-refractivity contribution in [2.24, 2.45) is 0 Å². The van der Waals surface area contributed by atoms with E-state index in [-0.39, 0.29) is 12.1 Å². The zero-order valence-corrected chi connectivity index (χ0v) is 15.5. The van der Waals surface area contributed by atoms with Crippen molar-refractivity contribution in [2.75, 3.05) is 16.8 Å². The van der Waals surface area contributed by atoms with Crippen LogP contribution in [-0.2, 0) is 6.42 Å². The van der Waals surface area contributed by atoms with Gasteiger partial charge in [0.05, 0.1) is 18.2 Å². The summed E-state index contributed by atoms with van der Waals surface area (Å²) in [5, 5.41) is 17.9. The molecule has 0 radical (unpaired) electrons. The molecule has 0 bridgehead atoms. The zero-order valence-electron chi connectivity index (χ0n) is 15.5. The number of fused-ring (bicyclic) bond motifs is 1. The van der Waals surface area contributed by atoms with Crippen LogP contribution in [-0.4, -0.2) is 31.1 Å². The SMILES string of the molecule is CCc1ccccc1NC(=O)N1CC(C)Oc2cc(C(C=N)C=N)ccc21. The molecule has 27 heavy (non-hydrogen) atoms. The lowest BCUT2D eigenvalue weighted by molar-refractivity contribution is 0.208. The number of carbonyl (C=O) groups is 1. The molecule has 1 aliphatic rings. The van der Waals surface area contributed by atoms with E-state index in [1.54, 1.807) is 4.90 Å². The normalized spacial score (nSPS) is 16.7. The fraction of sp³-hybridized carbons (Fsp3) is 0.286. The highest BCUT2D eigenvalue weighted by atomic mass is 16.5. The van der Waals surface area contributed by atoms with Crippen LogP contribution in [0.3, 0.4) is 0 Å². The number of ether oxygens (including phenoxy) is 1. The Morgan fingerprint density at radius 2 is 2.04 bits per heavy atom. The molecule has 0 saturated heterocycles. The Morgan fingerprint density at radius 1 is 1.30 bits per heavy atom. The van der Waals surface area contributed by atoms with Gasteiger partial charge < -0.3 is 20.9 Å². The molecule has 3 rings (SSSR count). The maximum Gasteiger partial charge on any atom is 0.326 e. The molecule has 0 fully saturated rings. The summed E-state index contributed by atoms with van der Waals surface area (Å²) in [5.74, 6) is 0.203. The quantitative estimate of drug-likeness (QED) is 0.684. The number of anilines is 2. The van der Waals surface area contributed by atoms with Gasteiger partial charge in [-0.1, -0.05) is 31.2 Å². The smallest absolute Gasteiger partial charge is 0.326 e. The van der Waals surface area contributed by atoms with Crippen LogP contribution in [0.15, 0.2) is 42.5 Å². The molecular formula is C21H24N4O2. The lowest BCUT2D eigenvalue weighted by atomic mass is 10.00. The number of rotatable bonds is 5. The molecule has 0 saturated carbocycles. The van der Waals surface area contributed by atoms with Crippen LogP contribution < -0.4 is 15.0 Å². The Bertz CT molecular complexity index is 857. The fourth-order valence-corrected chi connectivity index (χ4v) is 3.23. The molecule has 2 aromatic carbocycles. The van der Waals surface area contributed by atoms with Crippen LogP contribution in [0.25, 0.3) is 0 Å². The van der Waals surface area contributed by atoms with Gasteiger partial charge in [0.1, 0.15) is 11.9 Å². The summed E-state index contributed by atoms with van der Waals surface area (Å²) in [5.41, 5.74) is 3.39. The number of hydrogen-bond acceptors (Lipinski definition) is 4. The second-order valence-corrected chi connectivity index (χ2v) is 6.57. The van der Waals surface area contributed by atoms with E-state index in [1.807, 2.05) is 49.4 Å². The number of carbonyl (C=O) groups excluding carboxylic acids is 1. The van der Waals surface area contributed by atoms with E-state index in [9.17, 15) is 4.79 Å². The van der Waals surface area contributed by atoms with Gasteiger partial charge in [0.2, 0.25) is 0 Å². The van der Waals surface area contributed by atoms with Gasteiger partial charge in [-0.3, -0.25) is 4.90 Å². The first-order chi connectivity index (χ1) is 13.1. The molecule has 6 nitrogen and oxygen atoms in total. The minimum absolute atomic E-state index is 0.154. The topological polar surface area (TPSA) is 89.3 Å². The van der Waals surface area contributed by atoms with E-state index in [2.05, 4.69) is 12.2 Å². The molecule has 3 N–H and O–H groups in total. The maximum atomic E-state index is 13.0. The van der Waals surface area contributed by atoms with Crippen LogP contribution in [0.5, 0.6) is 5.75 Å². The fourth-order valence-electron chi connectivity index (χ4n) is 3.23. The molecule has 0 aromatic heterocycles. The van der Waals surface area contributed by atoms with Crippen LogP contribution >= 0.6 is 0 Å². The van der Waals surface area contributed by atoms with E-state index in [4.69, 9.17) is 15.6 Å². The van der Waals surface area contributed by atoms with Gasteiger partial charge in [0, 0.05) is 18.1 Å². The van der Waals surface area contributed by atoms with Crippen molar-refractivity contribution in [3.8, 4) is 5.75 Å². The van der Waals surface area contributed by atoms with Gasteiger partial charge in [0.15, 0.2) is 0 Å². The molecule has 1 aliphatic heterocycles. The highest BCUT2D eigenvalue weighted by Crippen LogP contribution is 2.36. The largest absolute Gasteiger partial charge is 0.487 e. The number of hydrogen-bond donors (Lipinski definition) is 3. The summed E-state index contributed by atoms with van der Waals surface area (Å²) in [6.07, 6.45) is 3.11. The number of amides is 2. The summed E-state index contributed by atoms with van der Waals surface area (Å²) in [4.78, 5) is 14.6. The Balaban J connectivity index is 1.90. The molecule has 1 atom stereocenters. The summed E-state index contributed by atoms with van der Waals surface area (Å²) in [6, 6.07) is 13.1. The van der Waals surface area contributed by atoms with Crippen LogP contribution in [0, 0.1) is 10.8 Å². The average Bonchev–Trinajstić information content (AvgIpc) is 2.68. The van der Waals surface area contributed by atoms with Gasteiger partial charge in [-0.2, -0.15) is 0 Å². The van der Waals surface area contributed by atoms with Crippen molar-refractivity contribution < 1.29 is 9.53 Å². The maximum absolute atomic E-state index is 13.0. The summed E-state index contributed by atoms with van der Waals surface area (Å²) < 4.78 is 5.92. The van der Waals surface area contributed by atoms with E-state index < -0.39 is 5.92 Å². The molecule has 6 heteroatoms. The Kier molecular flexibility index (Phi) is 5.54. The van der Waals surface area contributed by atoms with Crippen molar-refractivity contribution >= 4 is 29.8 Å².